The highest BCUT2D eigenvalue weighted by Crippen LogP contribution is 2.15. The Hall–Kier alpha value is -0.690. The molecule has 1 atom stereocenters. The van der Waals surface area contributed by atoms with Gasteiger partial charge in [0.2, 0.25) is 5.79 Å². The molecule has 0 aromatic rings. The van der Waals surface area contributed by atoms with Crippen molar-refractivity contribution in [3.8, 4) is 0 Å². The van der Waals surface area contributed by atoms with E-state index in [0.717, 1.165) is 13.1 Å². The van der Waals surface area contributed by atoms with Gasteiger partial charge in [0, 0.05) is 7.05 Å². The zero-order valence-electron chi connectivity index (χ0n) is 11.9. The summed E-state index contributed by atoms with van der Waals surface area (Å²) in [5.41, 5.74) is 5.36. The number of hydrogen-bond donors (Lipinski definition) is 3. The van der Waals surface area contributed by atoms with E-state index in [1.54, 1.807) is 7.05 Å². The molecule has 0 aromatic heterocycles. The molecule has 3 N–H and O–H groups in total. The first-order valence-corrected chi connectivity index (χ1v) is 6.15. The van der Waals surface area contributed by atoms with Crippen LogP contribution < -0.4 is 16.2 Å². The molecule has 1 unspecified atom stereocenters. The van der Waals surface area contributed by atoms with Gasteiger partial charge in [-0.1, -0.05) is 20.8 Å². The number of amides is 1. The minimum Gasteiger partial charge on any atom is -0.288 e. The molecule has 0 heterocycles. The van der Waals surface area contributed by atoms with Crippen LogP contribution in [0.15, 0.2) is 0 Å². The highest BCUT2D eigenvalue weighted by Gasteiger charge is 2.44. The Morgan fingerprint density at radius 3 is 2.00 bits per heavy atom. The Morgan fingerprint density at radius 1 is 1.18 bits per heavy atom. The highest BCUT2D eigenvalue weighted by atomic mass is 16.2. The summed E-state index contributed by atoms with van der Waals surface area (Å²) in [4.78, 5) is 16.3. The predicted molar refractivity (Wildman–Crippen MR) is 70.2 cm³/mol. The lowest BCUT2D eigenvalue weighted by molar-refractivity contribution is -0.151. The lowest BCUT2D eigenvalue weighted by Gasteiger charge is -2.46. The van der Waals surface area contributed by atoms with E-state index >= 15 is 0 Å². The quantitative estimate of drug-likeness (QED) is 0.394. The largest absolute Gasteiger partial charge is 0.288 e. The van der Waals surface area contributed by atoms with Crippen LogP contribution in [0.1, 0.15) is 20.8 Å². The fraction of sp³-hybridized carbons (Fsp3) is 0.909. The van der Waals surface area contributed by atoms with Gasteiger partial charge in [-0.25, -0.2) is 5.43 Å². The summed E-state index contributed by atoms with van der Waals surface area (Å²) < 4.78 is 0. The van der Waals surface area contributed by atoms with E-state index in [4.69, 9.17) is 0 Å². The fourth-order valence-corrected chi connectivity index (χ4v) is 2.11. The van der Waals surface area contributed by atoms with E-state index in [1.807, 2.05) is 39.8 Å². The summed E-state index contributed by atoms with van der Waals surface area (Å²) in [7, 11) is 5.49. The second-order valence-corrected chi connectivity index (χ2v) is 3.97. The Balaban J connectivity index is 5.31. The van der Waals surface area contributed by atoms with Crippen LogP contribution in [0, 0.1) is 0 Å². The molecule has 102 valence electrons. The Bertz CT molecular complexity index is 230. The van der Waals surface area contributed by atoms with Crippen molar-refractivity contribution in [2.45, 2.75) is 26.6 Å². The van der Waals surface area contributed by atoms with Gasteiger partial charge in [-0.3, -0.25) is 25.3 Å². The lowest BCUT2D eigenvalue weighted by Crippen LogP contribution is -2.74. The molecule has 1 amide bonds. The number of likely N-dealkylation sites (N-methyl/N-ethyl adjacent to an activating group) is 3. The molecule has 6 heteroatoms. The first-order chi connectivity index (χ1) is 8.00. The van der Waals surface area contributed by atoms with Crippen LogP contribution in [0.5, 0.6) is 0 Å². The summed E-state index contributed by atoms with van der Waals surface area (Å²) in [5.74, 6) is -0.920. The second-order valence-electron chi connectivity index (χ2n) is 3.97. The molecule has 0 radical (unpaired) electrons. The number of nitrogens with one attached hydrogen (secondary N) is 3. The van der Waals surface area contributed by atoms with Crippen molar-refractivity contribution in [3.05, 3.63) is 0 Å². The summed E-state index contributed by atoms with van der Waals surface area (Å²) >= 11 is 0. The predicted octanol–water partition coefficient (Wildman–Crippen LogP) is -0.596. The van der Waals surface area contributed by atoms with Gasteiger partial charge in [-0.05, 0) is 33.7 Å². The maximum atomic E-state index is 12.3. The maximum absolute atomic E-state index is 12.3. The number of nitrogens with zero attached hydrogens (tertiary/aromatic N) is 2. The van der Waals surface area contributed by atoms with Gasteiger partial charge in [-0.15, -0.1) is 0 Å². The molecular formula is C11H27N5O. The molecule has 0 saturated heterocycles. The molecular weight excluding hydrogens is 218 g/mol. The minimum absolute atomic E-state index is 0.101. The van der Waals surface area contributed by atoms with Gasteiger partial charge in [-0.2, -0.15) is 0 Å². The summed E-state index contributed by atoms with van der Waals surface area (Å²) in [5, 5.41) is 3.28. The summed E-state index contributed by atoms with van der Waals surface area (Å²) in [6, 6.07) is 0. The van der Waals surface area contributed by atoms with Crippen LogP contribution in [-0.2, 0) is 4.79 Å². The molecule has 0 aliphatic carbocycles. The van der Waals surface area contributed by atoms with E-state index in [2.05, 4.69) is 21.1 Å². The minimum atomic E-state index is -0.818. The number of hydrazine groups is 1. The summed E-state index contributed by atoms with van der Waals surface area (Å²) in [6.45, 7) is 8.38. The average molecular weight is 245 g/mol. The molecule has 0 aliphatic heterocycles. The Kier molecular flexibility index (Phi) is 7.29. The van der Waals surface area contributed by atoms with Crippen molar-refractivity contribution in [2.75, 3.05) is 40.8 Å². The molecule has 0 spiro atoms. The normalized spacial score (nSPS) is 15.1. The summed E-state index contributed by atoms with van der Waals surface area (Å²) in [6.07, 6.45) is 0. The van der Waals surface area contributed by atoms with E-state index in [1.165, 1.54) is 0 Å². The van der Waals surface area contributed by atoms with Crippen LogP contribution in [0.4, 0.5) is 0 Å². The van der Waals surface area contributed by atoms with Crippen LogP contribution >= 0.6 is 0 Å². The molecule has 0 rings (SSSR count). The molecule has 0 fully saturated rings. The highest BCUT2D eigenvalue weighted by molar-refractivity contribution is 5.84. The van der Waals surface area contributed by atoms with Gasteiger partial charge < -0.3 is 0 Å². The number of carbonyl (C=O) groups excluding carboxylic acids is 1. The Labute approximate surface area is 105 Å². The van der Waals surface area contributed by atoms with Crippen molar-refractivity contribution >= 4 is 5.91 Å². The molecule has 0 aliphatic rings. The van der Waals surface area contributed by atoms with Crippen LogP contribution in [0.3, 0.4) is 0 Å². The molecule has 0 aromatic carbocycles. The SMILES string of the molecule is CCNC(C(=O)NNC)(N(C)C)N(CC)CC. The standard InChI is InChI=1S/C11H27N5O/c1-7-13-11(15(5)6,10(17)14-12-4)16(8-2)9-3/h12-13H,7-9H2,1-6H3,(H,14,17). The third-order valence-corrected chi connectivity index (χ3v) is 2.85. The van der Waals surface area contributed by atoms with Crippen LogP contribution in [0.2, 0.25) is 0 Å². The molecule has 0 saturated carbocycles. The van der Waals surface area contributed by atoms with Gasteiger partial charge in [0.25, 0.3) is 5.91 Å². The van der Waals surface area contributed by atoms with Crippen LogP contribution in [0.25, 0.3) is 0 Å². The van der Waals surface area contributed by atoms with Crippen molar-refractivity contribution in [1.82, 2.24) is 26.0 Å². The zero-order chi connectivity index (χ0) is 13.5. The second kappa shape index (κ2) is 7.60. The average Bonchev–Trinajstić information content (AvgIpc) is 2.29. The van der Waals surface area contributed by atoms with E-state index < -0.39 is 5.79 Å². The lowest BCUT2D eigenvalue weighted by atomic mass is 10.2. The fourth-order valence-electron chi connectivity index (χ4n) is 2.11. The maximum Gasteiger partial charge on any atom is 0.285 e. The van der Waals surface area contributed by atoms with Crippen molar-refractivity contribution < 1.29 is 4.79 Å². The van der Waals surface area contributed by atoms with Gasteiger partial charge in [0.1, 0.15) is 0 Å². The topological polar surface area (TPSA) is 59.6 Å². The number of rotatable bonds is 8. The molecule has 0 bridgehead atoms. The Morgan fingerprint density at radius 2 is 1.71 bits per heavy atom. The van der Waals surface area contributed by atoms with Gasteiger partial charge >= 0.3 is 0 Å². The van der Waals surface area contributed by atoms with E-state index in [-0.39, 0.29) is 5.91 Å². The van der Waals surface area contributed by atoms with Gasteiger partial charge in [0.05, 0.1) is 0 Å². The first kappa shape index (κ1) is 16.3. The van der Waals surface area contributed by atoms with Crippen molar-refractivity contribution in [1.29, 1.82) is 0 Å². The van der Waals surface area contributed by atoms with Crippen LogP contribution in [-0.4, -0.2) is 62.3 Å². The monoisotopic (exact) mass is 245 g/mol. The third kappa shape index (κ3) is 3.38. The van der Waals surface area contributed by atoms with Crippen molar-refractivity contribution in [3.63, 3.8) is 0 Å². The smallest absolute Gasteiger partial charge is 0.285 e. The first-order valence-electron chi connectivity index (χ1n) is 6.15. The number of carbonyl (C=O) groups is 1. The van der Waals surface area contributed by atoms with E-state index in [9.17, 15) is 4.79 Å². The zero-order valence-corrected chi connectivity index (χ0v) is 11.9. The molecule has 17 heavy (non-hydrogen) atoms. The number of hydrogen-bond acceptors (Lipinski definition) is 5. The van der Waals surface area contributed by atoms with E-state index in [0.29, 0.717) is 6.54 Å². The van der Waals surface area contributed by atoms with Gasteiger partial charge in [0.15, 0.2) is 0 Å². The molecule has 6 nitrogen and oxygen atoms in total. The third-order valence-electron chi connectivity index (χ3n) is 2.85. The van der Waals surface area contributed by atoms with Crippen molar-refractivity contribution in [2.24, 2.45) is 0 Å².